The molecule has 0 amide bonds. The van der Waals surface area contributed by atoms with Gasteiger partial charge in [-0.25, -0.2) is 0 Å². The molecule has 0 radical (unpaired) electrons. The van der Waals surface area contributed by atoms with Gasteiger partial charge in [-0.1, -0.05) is 30.3 Å². The molecule has 1 aromatic rings. The van der Waals surface area contributed by atoms with Crippen molar-refractivity contribution >= 4 is 0 Å². The lowest BCUT2D eigenvalue weighted by Gasteiger charge is -2.16. The second kappa shape index (κ2) is 4.77. The Morgan fingerprint density at radius 1 is 1.33 bits per heavy atom. The maximum Gasteiger partial charge on any atom is 0.0728 e. The lowest BCUT2D eigenvalue weighted by Crippen LogP contribution is -2.31. The van der Waals surface area contributed by atoms with Crippen LogP contribution in [0.4, 0.5) is 0 Å². The Labute approximate surface area is 91.4 Å². The van der Waals surface area contributed by atoms with Gasteiger partial charge in [0.25, 0.3) is 0 Å². The zero-order chi connectivity index (χ0) is 10.7. The Hall–Kier alpha value is -0.860. The third kappa shape index (κ3) is 2.80. The first kappa shape index (κ1) is 10.7. The molecule has 1 fully saturated rings. The maximum absolute atomic E-state index is 5.90. The minimum absolute atomic E-state index is 0.158. The summed E-state index contributed by atoms with van der Waals surface area (Å²) in [5.41, 5.74) is 7.18. The van der Waals surface area contributed by atoms with E-state index in [1.807, 2.05) is 13.0 Å². The van der Waals surface area contributed by atoms with Crippen molar-refractivity contribution in [2.45, 2.75) is 44.4 Å². The van der Waals surface area contributed by atoms with Gasteiger partial charge in [0.1, 0.15) is 0 Å². The van der Waals surface area contributed by atoms with Crippen LogP contribution in [-0.4, -0.2) is 18.2 Å². The molecular weight excluding hydrogens is 186 g/mol. The van der Waals surface area contributed by atoms with Gasteiger partial charge in [0.05, 0.1) is 12.2 Å². The molecule has 3 atom stereocenters. The molecule has 1 aromatic carbocycles. The van der Waals surface area contributed by atoms with Crippen molar-refractivity contribution in [2.24, 2.45) is 5.73 Å². The van der Waals surface area contributed by atoms with Gasteiger partial charge in [0.15, 0.2) is 0 Å². The smallest absolute Gasteiger partial charge is 0.0728 e. The summed E-state index contributed by atoms with van der Waals surface area (Å²) in [5, 5.41) is 0. The van der Waals surface area contributed by atoms with Gasteiger partial charge in [-0.3, -0.25) is 0 Å². The summed E-state index contributed by atoms with van der Waals surface area (Å²) in [7, 11) is 0. The number of rotatable bonds is 3. The van der Waals surface area contributed by atoms with E-state index in [-0.39, 0.29) is 12.1 Å². The number of hydrogen-bond donors (Lipinski definition) is 1. The Morgan fingerprint density at radius 2 is 2.07 bits per heavy atom. The van der Waals surface area contributed by atoms with Gasteiger partial charge >= 0.3 is 0 Å². The van der Waals surface area contributed by atoms with Gasteiger partial charge in [-0.05, 0) is 31.7 Å². The SMILES string of the molecule is CC(N)C1CCC(Cc2ccccc2)O1. The molecule has 1 saturated heterocycles. The van der Waals surface area contributed by atoms with Crippen molar-refractivity contribution in [3.63, 3.8) is 0 Å². The number of ether oxygens (including phenoxy) is 1. The monoisotopic (exact) mass is 205 g/mol. The molecular formula is C13H19NO. The summed E-state index contributed by atoms with van der Waals surface area (Å²) < 4.78 is 5.90. The largest absolute Gasteiger partial charge is 0.373 e. The third-order valence-corrected chi connectivity index (χ3v) is 3.03. The van der Waals surface area contributed by atoms with Crippen LogP contribution in [0.3, 0.4) is 0 Å². The maximum atomic E-state index is 5.90. The molecule has 2 N–H and O–H groups in total. The first-order valence-electron chi connectivity index (χ1n) is 5.70. The topological polar surface area (TPSA) is 35.2 Å². The molecule has 2 nitrogen and oxygen atoms in total. The standard InChI is InChI=1S/C13H19NO/c1-10(14)13-8-7-12(15-13)9-11-5-3-2-4-6-11/h2-6,10,12-13H,7-9,14H2,1H3. The molecule has 0 spiro atoms. The average molecular weight is 205 g/mol. The molecule has 0 aliphatic carbocycles. The van der Waals surface area contributed by atoms with Crippen LogP contribution in [0.15, 0.2) is 30.3 Å². The van der Waals surface area contributed by atoms with Crippen molar-refractivity contribution in [3.05, 3.63) is 35.9 Å². The molecule has 1 heterocycles. The minimum Gasteiger partial charge on any atom is -0.373 e. The molecule has 3 unspecified atom stereocenters. The summed E-state index contributed by atoms with van der Waals surface area (Å²) in [5.74, 6) is 0. The molecule has 0 aromatic heterocycles. The zero-order valence-corrected chi connectivity index (χ0v) is 9.23. The van der Waals surface area contributed by atoms with E-state index >= 15 is 0 Å². The summed E-state index contributed by atoms with van der Waals surface area (Å²) >= 11 is 0. The highest BCUT2D eigenvalue weighted by Gasteiger charge is 2.27. The van der Waals surface area contributed by atoms with E-state index in [2.05, 4.69) is 24.3 Å². The predicted molar refractivity (Wildman–Crippen MR) is 61.7 cm³/mol. The van der Waals surface area contributed by atoms with Crippen LogP contribution < -0.4 is 5.73 Å². The van der Waals surface area contributed by atoms with Gasteiger partial charge in [-0.15, -0.1) is 0 Å². The van der Waals surface area contributed by atoms with Crippen molar-refractivity contribution in [1.82, 2.24) is 0 Å². The van der Waals surface area contributed by atoms with E-state index in [1.165, 1.54) is 5.56 Å². The zero-order valence-electron chi connectivity index (χ0n) is 9.23. The quantitative estimate of drug-likeness (QED) is 0.820. The first-order chi connectivity index (χ1) is 7.25. The molecule has 2 heteroatoms. The van der Waals surface area contributed by atoms with E-state index in [0.29, 0.717) is 6.10 Å². The van der Waals surface area contributed by atoms with Gasteiger partial charge in [0.2, 0.25) is 0 Å². The van der Waals surface area contributed by atoms with Crippen molar-refractivity contribution in [2.75, 3.05) is 0 Å². The second-order valence-electron chi connectivity index (χ2n) is 4.42. The number of nitrogens with two attached hydrogens (primary N) is 1. The van der Waals surface area contributed by atoms with Crippen LogP contribution in [0.5, 0.6) is 0 Å². The molecule has 1 aliphatic heterocycles. The van der Waals surface area contributed by atoms with Crippen LogP contribution in [0, 0.1) is 0 Å². The van der Waals surface area contributed by atoms with Crippen LogP contribution in [-0.2, 0) is 11.2 Å². The van der Waals surface area contributed by atoms with Crippen molar-refractivity contribution < 1.29 is 4.74 Å². The molecule has 15 heavy (non-hydrogen) atoms. The highest BCUT2D eigenvalue weighted by molar-refractivity contribution is 5.15. The highest BCUT2D eigenvalue weighted by Crippen LogP contribution is 2.24. The number of benzene rings is 1. The molecule has 1 aliphatic rings. The van der Waals surface area contributed by atoms with E-state index in [1.54, 1.807) is 0 Å². The molecule has 82 valence electrons. The fraction of sp³-hybridized carbons (Fsp3) is 0.538. The first-order valence-corrected chi connectivity index (χ1v) is 5.70. The van der Waals surface area contributed by atoms with Crippen molar-refractivity contribution in [3.8, 4) is 0 Å². The summed E-state index contributed by atoms with van der Waals surface area (Å²) in [4.78, 5) is 0. The van der Waals surface area contributed by atoms with Crippen LogP contribution in [0.1, 0.15) is 25.3 Å². The van der Waals surface area contributed by atoms with E-state index in [0.717, 1.165) is 19.3 Å². The summed E-state index contributed by atoms with van der Waals surface area (Å²) in [6.45, 7) is 2.02. The Balaban J connectivity index is 1.88. The molecule has 2 rings (SSSR count). The van der Waals surface area contributed by atoms with E-state index < -0.39 is 0 Å². The molecule has 0 saturated carbocycles. The summed E-state index contributed by atoms with van der Waals surface area (Å²) in [6.07, 6.45) is 3.89. The van der Waals surface area contributed by atoms with Gasteiger partial charge in [0, 0.05) is 6.04 Å². The third-order valence-electron chi connectivity index (χ3n) is 3.03. The second-order valence-corrected chi connectivity index (χ2v) is 4.42. The Bertz CT molecular complexity index is 297. The van der Waals surface area contributed by atoms with Crippen LogP contribution in [0.2, 0.25) is 0 Å². The van der Waals surface area contributed by atoms with Crippen LogP contribution in [0.25, 0.3) is 0 Å². The van der Waals surface area contributed by atoms with E-state index in [4.69, 9.17) is 10.5 Å². The Kier molecular flexibility index (Phi) is 3.39. The van der Waals surface area contributed by atoms with Crippen LogP contribution >= 0.6 is 0 Å². The van der Waals surface area contributed by atoms with Gasteiger partial charge in [-0.2, -0.15) is 0 Å². The Morgan fingerprint density at radius 3 is 2.67 bits per heavy atom. The average Bonchev–Trinajstić information content (AvgIpc) is 2.68. The predicted octanol–water partition coefficient (Wildman–Crippen LogP) is 2.12. The number of hydrogen-bond acceptors (Lipinski definition) is 2. The lowest BCUT2D eigenvalue weighted by atomic mass is 10.0. The minimum atomic E-state index is 0.158. The molecule has 0 bridgehead atoms. The fourth-order valence-corrected chi connectivity index (χ4v) is 2.15. The van der Waals surface area contributed by atoms with E-state index in [9.17, 15) is 0 Å². The summed E-state index contributed by atoms with van der Waals surface area (Å²) in [6, 6.07) is 10.7. The van der Waals surface area contributed by atoms with Gasteiger partial charge < -0.3 is 10.5 Å². The normalized spacial score (nSPS) is 27.9. The lowest BCUT2D eigenvalue weighted by molar-refractivity contribution is 0.0344. The highest BCUT2D eigenvalue weighted by atomic mass is 16.5. The fourth-order valence-electron chi connectivity index (χ4n) is 2.15. The van der Waals surface area contributed by atoms with Crippen molar-refractivity contribution in [1.29, 1.82) is 0 Å².